The van der Waals surface area contributed by atoms with Gasteiger partial charge in [0.25, 0.3) is 0 Å². The molecule has 134 valence electrons. The SMILES string of the molecule is CCOc1ccc(NC(=S)NC(C)COc2ccc(C)c(C)c2)cc1. The molecule has 0 aliphatic heterocycles. The molecule has 2 aromatic rings. The van der Waals surface area contributed by atoms with Crippen molar-refractivity contribution in [3.63, 3.8) is 0 Å². The van der Waals surface area contributed by atoms with E-state index in [0.717, 1.165) is 17.2 Å². The first-order valence-corrected chi connectivity index (χ1v) is 8.89. The van der Waals surface area contributed by atoms with Gasteiger partial charge in [-0.2, -0.15) is 0 Å². The lowest BCUT2D eigenvalue weighted by Gasteiger charge is -2.18. The normalized spacial score (nSPS) is 11.5. The minimum atomic E-state index is 0.0873. The fourth-order valence-corrected chi connectivity index (χ4v) is 2.58. The predicted octanol–water partition coefficient (Wildman–Crippen LogP) is 4.46. The maximum atomic E-state index is 5.83. The number of anilines is 1. The molecule has 4 nitrogen and oxygen atoms in total. The van der Waals surface area contributed by atoms with E-state index >= 15 is 0 Å². The molecule has 2 N–H and O–H groups in total. The summed E-state index contributed by atoms with van der Waals surface area (Å²) in [5.41, 5.74) is 3.41. The fraction of sp³-hybridized carbons (Fsp3) is 0.350. The van der Waals surface area contributed by atoms with E-state index in [1.807, 2.05) is 44.2 Å². The van der Waals surface area contributed by atoms with Crippen LogP contribution in [0.3, 0.4) is 0 Å². The van der Waals surface area contributed by atoms with Gasteiger partial charge in [-0.05, 0) is 87.4 Å². The van der Waals surface area contributed by atoms with Crippen LogP contribution >= 0.6 is 12.2 Å². The molecule has 2 rings (SSSR count). The lowest BCUT2D eigenvalue weighted by Crippen LogP contribution is -2.39. The van der Waals surface area contributed by atoms with Crippen molar-refractivity contribution in [2.75, 3.05) is 18.5 Å². The standard InChI is InChI=1S/C20H26N2O2S/c1-5-23-18-10-7-17(8-11-18)22-20(25)21-16(4)13-24-19-9-6-14(2)15(3)12-19/h6-12,16H,5,13H2,1-4H3,(H2,21,22,25). The smallest absolute Gasteiger partial charge is 0.171 e. The number of hydrogen-bond acceptors (Lipinski definition) is 3. The zero-order chi connectivity index (χ0) is 18.2. The summed E-state index contributed by atoms with van der Waals surface area (Å²) >= 11 is 5.36. The number of thiocarbonyl (C=S) groups is 1. The molecule has 0 fully saturated rings. The molecule has 1 unspecified atom stereocenters. The highest BCUT2D eigenvalue weighted by Crippen LogP contribution is 2.17. The highest BCUT2D eigenvalue weighted by Gasteiger charge is 2.06. The van der Waals surface area contributed by atoms with Crippen molar-refractivity contribution in [3.8, 4) is 11.5 Å². The number of rotatable bonds is 7. The highest BCUT2D eigenvalue weighted by molar-refractivity contribution is 7.80. The van der Waals surface area contributed by atoms with Gasteiger partial charge in [-0.25, -0.2) is 0 Å². The van der Waals surface area contributed by atoms with E-state index in [1.165, 1.54) is 11.1 Å². The van der Waals surface area contributed by atoms with Gasteiger partial charge < -0.3 is 20.1 Å². The molecule has 0 aromatic heterocycles. The van der Waals surface area contributed by atoms with E-state index in [2.05, 4.69) is 36.6 Å². The Balaban J connectivity index is 1.78. The van der Waals surface area contributed by atoms with Crippen LogP contribution in [0.5, 0.6) is 11.5 Å². The largest absolute Gasteiger partial charge is 0.494 e. The Morgan fingerprint density at radius 1 is 1.00 bits per heavy atom. The van der Waals surface area contributed by atoms with Gasteiger partial charge in [0.1, 0.15) is 18.1 Å². The van der Waals surface area contributed by atoms with Gasteiger partial charge in [0.05, 0.1) is 12.6 Å². The second-order valence-electron chi connectivity index (χ2n) is 6.01. The van der Waals surface area contributed by atoms with Crippen LogP contribution in [0.25, 0.3) is 0 Å². The van der Waals surface area contributed by atoms with Crippen LogP contribution in [-0.4, -0.2) is 24.4 Å². The third-order valence-electron chi connectivity index (χ3n) is 3.78. The first-order valence-electron chi connectivity index (χ1n) is 8.48. The summed E-state index contributed by atoms with van der Waals surface area (Å²) in [5.74, 6) is 1.73. The van der Waals surface area contributed by atoms with Crippen LogP contribution in [0.4, 0.5) is 5.69 Å². The van der Waals surface area contributed by atoms with Gasteiger partial charge in [0.2, 0.25) is 0 Å². The Morgan fingerprint density at radius 2 is 1.68 bits per heavy atom. The first kappa shape index (κ1) is 19.1. The minimum Gasteiger partial charge on any atom is -0.494 e. The van der Waals surface area contributed by atoms with Crippen LogP contribution in [0.2, 0.25) is 0 Å². The second-order valence-corrected chi connectivity index (χ2v) is 6.42. The van der Waals surface area contributed by atoms with E-state index in [0.29, 0.717) is 18.3 Å². The molecule has 25 heavy (non-hydrogen) atoms. The number of benzene rings is 2. The molecule has 0 amide bonds. The first-order chi connectivity index (χ1) is 12.0. The molecule has 0 aliphatic rings. The van der Waals surface area contributed by atoms with Gasteiger partial charge in [-0.15, -0.1) is 0 Å². The molecule has 0 saturated heterocycles. The Hall–Kier alpha value is -2.27. The quantitative estimate of drug-likeness (QED) is 0.716. The van der Waals surface area contributed by atoms with E-state index in [4.69, 9.17) is 21.7 Å². The van der Waals surface area contributed by atoms with Crippen LogP contribution < -0.4 is 20.1 Å². The molecule has 1 atom stereocenters. The molecule has 0 radical (unpaired) electrons. The van der Waals surface area contributed by atoms with Gasteiger partial charge in [0, 0.05) is 5.69 Å². The Morgan fingerprint density at radius 3 is 2.32 bits per heavy atom. The summed E-state index contributed by atoms with van der Waals surface area (Å²) in [4.78, 5) is 0. The van der Waals surface area contributed by atoms with E-state index < -0.39 is 0 Å². The van der Waals surface area contributed by atoms with E-state index in [9.17, 15) is 0 Å². The third kappa shape index (κ3) is 6.27. The second kappa shape index (κ2) is 9.28. The lowest BCUT2D eigenvalue weighted by atomic mass is 10.1. The summed E-state index contributed by atoms with van der Waals surface area (Å²) < 4.78 is 11.3. The summed E-state index contributed by atoms with van der Waals surface area (Å²) in [6.45, 7) is 9.37. The van der Waals surface area contributed by atoms with Crippen molar-refractivity contribution in [3.05, 3.63) is 53.6 Å². The monoisotopic (exact) mass is 358 g/mol. The van der Waals surface area contributed by atoms with Gasteiger partial charge in [-0.3, -0.25) is 0 Å². The van der Waals surface area contributed by atoms with Gasteiger partial charge in [0.15, 0.2) is 5.11 Å². The maximum absolute atomic E-state index is 5.83. The number of aryl methyl sites for hydroxylation is 2. The molecular weight excluding hydrogens is 332 g/mol. The Labute approximate surface area is 155 Å². The van der Waals surface area contributed by atoms with E-state index in [1.54, 1.807) is 0 Å². The lowest BCUT2D eigenvalue weighted by molar-refractivity contribution is 0.287. The number of nitrogens with one attached hydrogen (secondary N) is 2. The molecule has 0 bridgehead atoms. The van der Waals surface area contributed by atoms with Gasteiger partial charge >= 0.3 is 0 Å². The molecule has 0 heterocycles. The van der Waals surface area contributed by atoms with Crippen molar-refractivity contribution in [2.45, 2.75) is 33.7 Å². The van der Waals surface area contributed by atoms with Crippen LogP contribution in [0.1, 0.15) is 25.0 Å². The Kier molecular flexibility index (Phi) is 7.07. The molecule has 0 aliphatic carbocycles. The van der Waals surface area contributed by atoms with E-state index in [-0.39, 0.29) is 6.04 Å². The summed E-state index contributed by atoms with van der Waals surface area (Å²) in [7, 11) is 0. The fourth-order valence-electron chi connectivity index (χ4n) is 2.26. The summed E-state index contributed by atoms with van der Waals surface area (Å²) in [6, 6.07) is 13.9. The van der Waals surface area contributed by atoms with Crippen molar-refractivity contribution in [2.24, 2.45) is 0 Å². The van der Waals surface area contributed by atoms with Crippen molar-refractivity contribution >= 4 is 23.0 Å². The average molecular weight is 359 g/mol. The zero-order valence-electron chi connectivity index (χ0n) is 15.3. The van der Waals surface area contributed by atoms with Crippen LogP contribution in [0.15, 0.2) is 42.5 Å². The highest BCUT2D eigenvalue weighted by atomic mass is 32.1. The number of hydrogen-bond donors (Lipinski definition) is 2. The maximum Gasteiger partial charge on any atom is 0.171 e. The molecule has 5 heteroatoms. The van der Waals surface area contributed by atoms with Crippen LogP contribution in [-0.2, 0) is 0 Å². The van der Waals surface area contributed by atoms with Crippen molar-refractivity contribution in [1.82, 2.24) is 5.32 Å². The van der Waals surface area contributed by atoms with Gasteiger partial charge in [-0.1, -0.05) is 6.07 Å². The summed E-state index contributed by atoms with van der Waals surface area (Å²) in [5, 5.41) is 6.96. The van der Waals surface area contributed by atoms with Crippen LogP contribution in [0, 0.1) is 13.8 Å². The summed E-state index contributed by atoms with van der Waals surface area (Å²) in [6.07, 6.45) is 0. The predicted molar refractivity (Wildman–Crippen MR) is 108 cm³/mol. The minimum absolute atomic E-state index is 0.0873. The number of ether oxygens (including phenoxy) is 2. The Bertz CT molecular complexity index is 701. The van der Waals surface area contributed by atoms with Crippen molar-refractivity contribution in [1.29, 1.82) is 0 Å². The molecule has 0 saturated carbocycles. The molecule has 2 aromatic carbocycles. The topological polar surface area (TPSA) is 42.5 Å². The average Bonchev–Trinajstić information content (AvgIpc) is 2.58. The zero-order valence-corrected chi connectivity index (χ0v) is 16.1. The van der Waals surface area contributed by atoms with Crippen molar-refractivity contribution < 1.29 is 9.47 Å². The molecule has 0 spiro atoms. The molecular formula is C20H26N2O2S. The third-order valence-corrected chi connectivity index (χ3v) is 4.00.